The molecular formula is C24H30N6O4. The molecule has 1 heterocycles. The Labute approximate surface area is 198 Å². The SMILES string of the molecule is COc1ccc(-c2nnn(CC(=O)N(CC(=O)NC(C)(C)C)c3cccc(C)c3)n2)cc1OC. The lowest BCUT2D eigenvalue weighted by molar-refractivity contribution is -0.125. The molecule has 3 aromatic rings. The Morgan fingerprint density at radius 2 is 1.79 bits per heavy atom. The van der Waals surface area contributed by atoms with Gasteiger partial charge in [-0.2, -0.15) is 4.80 Å². The number of aryl methyl sites for hydroxylation is 1. The second-order valence-electron chi connectivity index (χ2n) is 8.83. The van der Waals surface area contributed by atoms with Crippen molar-refractivity contribution in [2.24, 2.45) is 0 Å². The van der Waals surface area contributed by atoms with Gasteiger partial charge in [0, 0.05) is 16.8 Å². The molecule has 180 valence electrons. The molecule has 2 aromatic carbocycles. The minimum atomic E-state index is -0.416. The van der Waals surface area contributed by atoms with Crippen molar-refractivity contribution in [3.05, 3.63) is 48.0 Å². The molecule has 2 amide bonds. The van der Waals surface area contributed by atoms with Gasteiger partial charge in [-0.3, -0.25) is 9.59 Å². The minimum absolute atomic E-state index is 0.128. The highest BCUT2D eigenvalue weighted by molar-refractivity contribution is 5.98. The molecular weight excluding hydrogens is 436 g/mol. The zero-order chi connectivity index (χ0) is 24.9. The van der Waals surface area contributed by atoms with E-state index in [4.69, 9.17) is 9.47 Å². The minimum Gasteiger partial charge on any atom is -0.493 e. The van der Waals surface area contributed by atoms with Crippen LogP contribution in [0.15, 0.2) is 42.5 Å². The molecule has 10 heteroatoms. The number of benzene rings is 2. The third-order valence-electron chi connectivity index (χ3n) is 4.80. The quantitative estimate of drug-likeness (QED) is 0.543. The van der Waals surface area contributed by atoms with Crippen molar-refractivity contribution < 1.29 is 19.1 Å². The van der Waals surface area contributed by atoms with Gasteiger partial charge < -0.3 is 19.7 Å². The van der Waals surface area contributed by atoms with E-state index in [0.717, 1.165) is 5.56 Å². The van der Waals surface area contributed by atoms with E-state index in [-0.39, 0.29) is 24.9 Å². The fourth-order valence-corrected chi connectivity index (χ4v) is 3.33. The van der Waals surface area contributed by atoms with Crippen molar-refractivity contribution in [2.45, 2.75) is 39.8 Å². The predicted molar refractivity (Wildman–Crippen MR) is 128 cm³/mol. The number of nitrogens with zero attached hydrogens (tertiary/aromatic N) is 5. The van der Waals surface area contributed by atoms with E-state index in [9.17, 15) is 9.59 Å². The van der Waals surface area contributed by atoms with Gasteiger partial charge in [0.05, 0.1) is 14.2 Å². The van der Waals surface area contributed by atoms with Crippen LogP contribution in [0.1, 0.15) is 26.3 Å². The summed E-state index contributed by atoms with van der Waals surface area (Å²) in [5, 5.41) is 15.3. The lowest BCUT2D eigenvalue weighted by atomic mass is 10.1. The number of carbonyl (C=O) groups is 2. The molecule has 0 saturated carbocycles. The van der Waals surface area contributed by atoms with Gasteiger partial charge >= 0.3 is 0 Å². The summed E-state index contributed by atoms with van der Waals surface area (Å²) >= 11 is 0. The number of tetrazole rings is 1. The number of nitrogens with one attached hydrogen (secondary N) is 1. The molecule has 0 aliphatic rings. The van der Waals surface area contributed by atoms with E-state index in [1.165, 1.54) is 9.70 Å². The zero-order valence-electron chi connectivity index (χ0n) is 20.3. The fraction of sp³-hybridized carbons (Fsp3) is 0.375. The number of carbonyl (C=O) groups excluding carboxylic acids is 2. The van der Waals surface area contributed by atoms with Crippen LogP contribution in [-0.2, 0) is 16.1 Å². The fourth-order valence-electron chi connectivity index (χ4n) is 3.33. The highest BCUT2D eigenvalue weighted by Crippen LogP contribution is 2.30. The van der Waals surface area contributed by atoms with Crippen LogP contribution in [0.25, 0.3) is 11.4 Å². The Hall–Kier alpha value is -3.95. The maximum Gasteiger partial charge on any atom is 0.251 e. The zero-order valence-corrected chi connectivity index (χ0v) is 20.3. The molecule has 0 fully saturated rings. The van der Waals surface area contributed by atoms with Crippen molar-refractivity contribution in [2.75, 3.05) is 25.7 Å². The number of amides is 2. The van der Waals surface area contributed by atoms with Gasteiger partial charge in [0.15, 0.2) is 11.5 Å². The van der Waals surface area contributed by atoms with Crippen molar-refractivity contribution in [1.82, 2.24) is 25.5 Å². The molecule has 0 unspecified atom stereocenters. The lowest BCUT2D eigenvalue weighted by Crippen LogP contribution is -2.48. The summed E-state index contributed by atoms with van der Waals surface area (Å²) < 4.78 is 10.6. The van der Waals surface area contributed by atoms with Crippen molar-refractivity contribution in [3.8, 4) is 22.9 Å². The highest BCUT2D eigenvalue weighted by atomic mass is 16.5. The largest absolute Gasteiger partial charge is 0.493 e. The standard InChI is InChI=1S/C24H30N6O4/c1-16-8-7-9-18(12-16)29(14-21(31)25-24(2,3)4)22(32)15-30-27-23(26-28-30)17-10-11-19(33-5)20(13-17)34-6/h7-13H,14-15H2,1-6H3,(H,25,31). The first-order chi connectivity index (χ1) is 16.1. The van der Waals surface area contributed by atoms with Crippen LogP contribution < -0.4 is 19.7 Å². The third-order valence-corrected chi connectivity index (χ3v) is 4.80. The number of ether oxygens (including phenoxy) is 2. The first-order valence-electron chi connectivity index (χ1n) is 10.8. The van der Waals surface area contributed by atoms with E-state index in [1.807, 2.05) is 45.9 Å². The maximum atomic E-state index is 13.2. The summed E-state index contributed by atoms with van der Waals surface area (Å²) in [5.74, 6) is 0.839. The van der Waals surface area contributed by atoms with Crippen molar-refractivity contribution >= 4 is 17.5 Å². The van der Waals surface area contributed by atoms with Gasteiger partial charge in [0.1, 0.15) is 13.1 Å². The Morgan fingerprint density at radius 1 is 1.06 bits per heavy atom. The lowest BCUT2D eigenvalue weighted by Gasteiger charge is -2.26. The van der Waals surface area contributed by atoms with Crippen LogP contribution in [0.5, 0.6) is 11.5 Å². The number of methoxy groups -OCH3 is 2. The number of anilines is 1. The molecule has 0 aliphatic heterocycles. The van der Waals surface area contributed by atoms with Crippen LogP contribution in [0.3, 0.4) is 0 Å². The first kappa shape index (κ1) is 24.7. The molecule has 0 spiro atoms. The molecule has 0 atom stereocenters. The van der Waals surface area contributed by atoms with Crippen LogP contribution in [0.2, 0.25) is 0 Å². The topological polar surface area (TPSA) is 111 Å². The Balaban J connectivity index is 1.82. The molecule has 34 heavy (non-hydrogen) atoms. The van der Waals surface area contributed by atoms with Gasteiger partial charge in [-0.1, -0.05) is 12.1 Å². The summed E-state index contributed by atoms with van der Waals surface area (Å²) in [7, 11) is 3.10. The van der Waals surface area contributed by atoms with Crippen LogP contribution >= 0.6 is 0 Å². The van der Waals surface area contributed by atoms with Gasteiger partial charge in [0.2, 0.25) is 11.7 Å². The molecule has 0 bridgehead atoms. The molecule has 1 N–H and O–H groups in total. The smallest absolute Gasteiger partial charge is 0.251 e. The number of hydrogen-bond acceptors (Lipinski definition) is 7. The average Bonchev–Trinajstić information content (AvgIpc) is 3.24. The second kappa shape index (κ2) is 10.3. The van der Waals surface area contributed by atoms with Crippen LogP contribution in [0.4, 0.5) is 5.69 Å². The van der Waals surface area contributed by atoms with Gasteiger partial charge in [-0.15, -0.1) is 10.2 Å². The van der Waals surface area contributed by atoms with E-state index in [1.54, 1.807) is 38.5 Å². The Kier molecular flexibility index (Phi) is 7.50. The predicted octanol–water partition coefficient (Wildman–Crippen LogP) is 2.61. The number of rotatable bonds is 8. The third kappa shape index (κ3) is 6.31. The summed E-state index contributed by atoms with van der Waals surface area (Å²) in [6.07, 6.45) is 0. The van der Waals surface area contributed by atoms with Gasteiger partial charge in [-0.25, -0.2) is 0 Å². The monoisotopic (exact) mass is 466 g/mol. The normalized spacial score (nSPS) is 11.1. The van der Waals surface area contributed by atoms with Crippen molar-refractivity contribution in [1.29, 1.82) is 0 Å². The summed E-state index contributed by atoms with van der Waals surface area (Å²) in [5.41, 5.74) is 1.84. The molecule has 0 saturated heterocycles. The molecule has 3 rings (SSSR count). The number of aromatic nitrogens is 4. The highest BCUT2D eigenvalue weighted by Gasteiger charge is 2.23. The summed E-state index contributed by atoms with van der Waals surface area (Å²) in [6, 6.07) is 12.7. The molecule has 0 radical (unpaired) electrons. The Morgan fingerprint density at radius 3 is 2.44 bits per heavy atom. The van der Waals surface area contributed by atoms with E-state index in [2.05, 4.69) is 20.7 Å². The molecule has 1 aromatic heterocycles. The van der Waals surface area contributed by atoms with Crippen LogP contribution in [-0.4, -0.2) is 58.3 Å². The Bertz CT molecular complexity index is 1170. The first-order valence-corrected chi connectivity index (χ1v) is 10.8. The molecule has 0 aliphatic carbocycles. The summed E-state index contributed by atoms with van der Waals surface area (Å²) in [6.45, 7) is 7.28. The second-order valence-corrected chi connectivity index (χ2v) is 8.83. The van der Waals surface area contributed by atoms with Crippen molar-refractivity contribution in [3.63, 3.8) is 0 Å². The van der Waals surface area contributed by atoms with E-state index < -0.39 is 5.54 Å². The van der Waals surface area contributed by atoms with Gasteiger partial charge in [0.25, 0.3) is 5.91 Å². The maximum absolute atomic E-state index is 13.2. The van der Waals surface area contributed by atoms with Crippen LogP contribution in [0, 0.1) is 6.92 Å². The average molecular weight is 467 g/mol. The number of hydrogen-bond donors (Lipinski definition) is 1. The van der Waals surface area contributed by atoms with Gasteiger partial charge in [-0.05, 0) is 68.8 Å². The van der Waals surface area contributed by atoms with E-state index in [0.29, 0.717) is 28.6 Å². The van der Waals surface area contributed by atoms with E-state index >= 15 is 0 Å². The molecule has 10 nitrogen and oxygen atoms in total. The summed E-state index contributed by atoms with van der Waals surface area (Å²) in [4.78, 5) is 28.5.